The number of fused-ring (bicyclic) bond motifs is 1. The summed E-state index contributed by atoms with van der Waals surface area (Å²) in [6, 6.07) is 13.7. The fourth-order valence-corrected chi connectivity index (χ4v) is 4.98. The fraction of sp³-hybridized carbons (Fsp3) is 0.308. The molecule has 1 aromatic heterocycles. The summed E-state index contributed by atoms with van der Waals surface area (Å²) in [5.74, 6) is 0.966. The molecule has 33 heavy (non-hydrogen) atoms. The van der Waals surface area contributed by atoms with E-state index in [0.717, 1.165) is 35.3 Å². The highest BCUT2D eigenvalue weighted by Gasteiger charge is 2.46. The third kappa shape index (κ3) is 4.00. The highest BCUT2D eigenvalue weighted by atomic mass is 35.5. The van der Waals surface area contributed by atoms with Crippen molar-refractivity contribution < 1.29 is 14.3 Å². The number of halogens is 1. The summed E-state index contributed by atoms with van der Waals surface area (Å²) in [4.78, 5) is 19.8. The molecule has 2 aromatic carbocycles. The van der Waals surface area contributed by atoms with Gasteiger partial charge in [0.1, 0.15) is 11.9 Å². The van der Waals surface area contributed by atoms with Crippen LogP contribution < -0.4 is 4.74 Å². The number of morpholine rings is 1. The Labute approximate surface area is 198 Å². The van der Waals surface area contributed by atoms with Gasteiger partial charge in [0.25, 0.3) is 5.91 Å². The van der Waals surface area contributed by atoms with Crippen LogP contribution in [0.3, 0.4) is 0 Å². The normalized spacial score (nSPS) is 23.5. The van der Waals surface area contributed by atoms with Gasteiger partial charge in [-0.15, -0.1) is 0 Å². The molecule has 0 saturated carbocycles. The average Bonchev–Trinajstić information content (AvgIpc) is 3.45. The second-order valence-electron chi connectivity index (χ2n) is 8.61. The van der Waals surface area contributed by atoms with Gasteiger partial charge in [-0.05, 0) is 68.2 Å². The first-order valence-corrected chi connectivity index (χ1v) is 11.5. The highest BCUT2D eigenvalue weighted by molar-refractivity contribution is 6.30. The first kappa shape index (κ1) is 21.6. The van der Waals surface area contributed by atoms with Crippen molar-refractivity contribution in [3.63, 3.8) is 0 Å². The maximum atomic E-state index is 13.5. The second-order valence-corrected chi connectivity index (χ2v) is 9.05. The standard InChI is InChI=1S/C26H26ClN3O3/c1-16-14-29(15-28-16)23-9-4-18(12-24(23)32-3)13-25-26(31)30-21(17(2)33-25)10-11-22(30)19-5-7-20(27)8-6-19/h4-9,12-15,17,21-22H,10-11H2,1-3H3/t17-,21+,22-/m0/s1. The number of aryl methyl sites for hydroxylation is 1. The third-order valence-electron chi connectivity index (χ3n) is 6.48. The van der Waals surface area contributed by atoms with Gasteiger partial charge in [-0.1, -0.05) is 29.8 Å². The lowest BCUT2D eigenvalue weighted by molar-refractivity contribution is -0.144. The lowest BCUT2D eigenvalue weighted by Gasteiger charge is -2.39. The van der Waals surface area contributed by atoms with E-state index in [2.05, 4.69) is 4.98 Å². The molecule has 3 aromatic rings. The monoisotopic (exact) mass is 463 g/mol. The first-order valence-electron chi connectivity index (χ1n) is 11.1. The van der Waals surface area contributed by atoms with Crippen LogP contribution >= 0.6 is 11.6 Å². The number of carbonyl (C=O) groups is 1. The highest BCUT2D eigenvalue weighted by Crippen LogP contribution is 2.42. The Morgan fingerprint density at radius 2 is 1.97 bits per heavy atom. The van der Waals surface area contributed by atoms with Crippen LogP contribution in [0.1, 0.15) is 42.6 Å². The van der Waals surface area contributed by atoms with Crippen molar-refractivity contribution in [3.8, 4) is 11.4 Å². The number of amides is 1. The van der Waals surface area contributed by atoms with Crippen molar-refractivity contribution in [2.75, 3.05) is 7.11 Å². The van der Waals surface area contributed by atoms with E-state index >= 15 is 0 Å². The third-order valence-corrected chi connectivity index (χ3v) is 6.73. The molecule has 2 fully saturated rings. The van der Waals surface area contributed by atoms with E-state index in [-0.39, 0.29) is 24.1 Å². The number of methoxy groups -OCH3 is 1. The molecule has 1 amide bonds. The van der Waals surface area contributed by atoms with Crippen LogP contribution in [0, 0.1) is 6.92 Å². The van der Waals surface area contributed by atoms with Crippen molar-refractivity contribution in [1.82, 2.24) is 14.5 Å². The van der Waals surface area contributed by atoms with Crippen LogP contribution in [0.5, 0.6) is 5.75 Å². The molecule has 3 atom stereocenters. The number of benzene rings is 2. The van der Waals surface area contributed by atoms with Gasteiger partial charge in [-0.2, -0.15) is 0 Å². The van der Waals surface area contributed by atoms with Gasteiger partial charge in [-0.3, -0.25) is 4.79 Å². The number of hydrogen-bond donors (Lipinski definition) is 0. The molecular formula is C26H26ClN3O3. The molecular weight excluding hydrogens is 438 g/mol. The topological polar surface area (TPSA) is 56.6 Å². The van der Waals surface area contributed by atoms with Crippen molar-refractivity contribution >= 4 is 23.6 Å². The van der Waals surface area contributed by atoms with E-state index in [9.17, 15) is 4.79 Å². The van der Waals surface area contributed by atoms with Crippen molar-refractivity contribution in [2.45, 2.75) is 44.9 Å². The minimum atomic E-state index is -0.0821. The Balaban J connectivity index is 1.46. The summed E-state index contributed by atoms with van der Waals surface area (Å²) in [6.07, 6.45) is 7.24. The number of ether oxygens (including phenoxy) is 2. The summed E-state index contributed by atoms with van der Waals surface area (Å²) in [5, 5.41) is 0.693. The predicted molar refractivity (Wildman–Crippen MR) is 127 cm³/mol. The Morgan fingerprint density at radius 3 is 2.67 bits per heavy atom. The average molecular weight is 464 g/mol. The van der Waals surface area contributed by atoms with Crippen molar-refractivity contribution in [2.24, 2.45) is 0 Å². The molecule has 0 N–H and O–H groups in total. The number of rotatable bonds is 4. The van der Waals surface area contributed by atoms with Crippen LogP contribution in [0.4, 0.5) is 0 Å². The fourth-order valence-electron chi connectivity index (χ4n) is 4.86. The second kappa shape index (κ2) is 8.60. The Morgan fingerprint density at radius 1 is 1.18 bits per heavy atom. The van der Waals surface area contributed by atoms with Crippen LogP contribution in [0.2, 0.25) is 5.02 Å². The SMILES string of the molecule is COc1cc(C=C2O[C@@H](C)[C@H]3CC[C@@H](c4ccc(Cl)cc4)N3C2=O)ccc1-n1cnc(C)c1. The largest absolute Gasteiger partial charge is 0.495 e. The van der Waals surface area contributed by atoms with E-state index in [4.69, 9.17) is 21.1 Å². The minimum Gasteiger partial charge on any atom is -0.495 e. The Hall–Kier alpha value is -3.25. The van der Waals surface area contributed by atoms with Crippen molar-refractivity contribution in [3.05, 3.63) is 82.6 Å². The zero-order valence-electron chi connectivity index (χ0n) is 18.9. The quantitative estimate of drug-likeness (QED) is 0.490. The van der Waals surface area contributed by atoms with Gasteiger partial charge in [0, 0.05) is 11.2 Å². The molecule has 2 aliphatic heterocycles. The van der Waals surface area contributed by atoms with Gasteiger partial charge in [0.2, 0.25) is 0 Å². The van der Waals surface area contributed by atoms with Crippen LogP contribution in [0.15, 0.2) is 60.7 Å². The van der Waals surface area contributed by atoms with E-state index in [1.807, 2.05) is 72.0 Å². The molecule has 3 heterocycles. The number of imidazole rings is 1. The van der Waals surface area contributed by atoms with Gasteiger partial charge >= 0.3 is 0 Å². The summed E-state index contributed by atoms with van der Waals surface area (Å²) in [5.41, 5.74) is 3.75. The predicted octanol–water partition coefficient (Wildman–Crippen LogP) is 5.33. The van der Waals surface area contributed by atoms with Gasteiger partial charge < -0.3 is 18.9 Å². The number of aromatic nitrogens is 2. The maximum Gasteiger partial charge on any atom is 0.289 e. The Kier molecular flexibility index (Phi) is 5.62. The molecule has 2 aliphatic rings. The molecule has 170 valence electrons. The summed E-state index contributed by atoms with van der Waals surface area (Å²) in [6.45, 7) is 3.98. The van der Waals surface area contributed by atoms with Gasteiger partial charge in [0.15, 0.2) is 5.76 Å². The first-order chi connectivity index (χ1) is 15.9. The van der Waals surface area contributed by atoms with E-state index in [1.54, 1.807) is 19.5 Å². The minimum absolute atomic E-state index is 0.0240. The molecule has 0 aliphatic carbocycles. The van der Waals surface area contributed by atoms with Gasteiger partial charge in [0.05, 0.1) is 36.9 Å². The van der Waals surface area contributed by atoms with E-state index in [1.165, 1.54) is 0 Å². The molecule has 6 nitrogen and oxygen atoms in total. The molecule has 5 rings (SSSR count). The molecule has 0 spiro atoms. The van der Waals surface area contributed by atoms with Crippen molar-refractivity contribution in [1.29, 1.82) is 0 Å². The number of nitrogens with zero attached hydrogens (tertiary/aromatic N) is 3. The lowest BCUT2D eigenvalue weighted by atomic mass is 10.0. The lowest BCUT2D eigenvalue weighted by Crippen LogP contribution is -2.49. The van der Waals surface area contributed by atoms with Crippen LogP contribution in [0.25, 0.3) is 11.8 Å². The maximum absolute atomic E-state index is 13.5. The number of hydrogen-bond acceptors (Lipinski definition) is 4. The summed E-state index contributed by atoms with van der Waals surface area (Å²) in [7, 11) is 1.63. The Bertz CT molecular complexity index is 1220. The van der Waals surface area contributed by atoms with Crippen LogP contribution in [-0.2, 0) is 9.53 Å². The van der Waals surface area contributed by atoms with E-state index < -0.39 is 0 Å². The number of carbonyl (C=O) groups excluding carboxylic acids is 1. The molecule has 0 unspecified atom stereocenters. The summed E-state index contributed by atoms with van der Waals surface area (Å²) >= 11 is 6.07. The molecule has 0 bridgehead atoms. The molecule has 7 heteroatoms. The van der Waals surface area contributed by atoms with Crippen LogP contribution in [-0.4, -0.2) is 39.6 Å². The zero-order chi connectivity index (χ0) is 23.1. The molecule has 2 saturated heterocycles. The van der Waals surface area contributed by atoms with Gasteiger partial charge in [-0.25, -0.2) is 4.98 Å². The summed E-state index contributed by atoms with van der Waals surface area (Å²) < 4.78 is 13.6. The molecule has 0 radical (unpaired) electrons. The van der Waals surface area contributed by atoms with E-state index in [0.29, 0.717) is 16.5 Å². The zero-order valence-corrected chi connectivity index (χ0v) is 19.6. The smallest absolute Gasteiger partial charge is 0.289 e.